The van der Waals surface area contributed by atoms with Gasteiger partial charge >= 0.3 is 0 Å². The standard InChI is InChI=1S/C42H57N3O9/c1-10-13-22-49-28(7)52-34-19-16-31(37(46)25(34)4)40-43-41(32-17-20-35(26(5)38(32)47)53-29(8)50-23-14-11-2)45-42(44-40)33-18-21-36(27(6)39(33)48)54-30(9)51-24-15-12-3/h16-21,28-30,46-48H,10-15,22-24H2,1-9H3. The molecule has 0 bridgehead atoms. The molecule has 4 rings (SSSR count). The van der Waals surface area contributed by atoms with Gasteiger partial charge in [0, 0.05) is 16.7 Å². The van der Waals surface area contributed by atoms with Crippen molar-refractivity contribution in [2.75, 3.05) is 19.8 Å². The molecular formula is C42H57N3O9. The topological polar surface area (TPSA) is 155 Å². The molecule has 3 aromatic carbocycles. The van der Waals surface area contributed by atoms with Crippen LogP contribution >= 0.6 is 0 Å². The summed E-state index contributed by atoms with van der Waals surface area (Å²) >= 11 is 0. The summed E-state index contributed by atoms with van der Waals surface area (Å²) in [7, 11) is 0. The largest absolute Gasteiger partial charge is 0.507 e. The summed E-state index contributed by atoms with van der Waals surface area (Å²) in [6.45, 7) is 18.6. The summed E-state index contributed by atoms with van der Waals surface area (Å²) < 4.78 is 35.2. The molecule has 0 aliphatic heterocycles. The van der Waals surface area contributed by atoms with Gasteiger partial charge in [-0.05, 0) is 97.2 Å². The first-order valence-electron chi connectivity index (χ1n) is 19.0. The van der Waals surface area contributed by atoms with E-state index in [9.17, 15) is 15.3 Å². The van der Waals surface area contributed by atoms with Gasteiger partial charge in [0.1, 0.15) is 34.5 Å². The number of aromatic nitrogens is 3. The predicted octanol–water partition coefficient (Wildman–Crippen LogP) is 9.54. The maximum absolute atomic E-state index is 11.5. The molecule has 12 heteroatoms. The number of phenols is 3. The van der Waals surface area contributed by atoms with Gasteiger partial charge in [-0.3, -0.25) is 0 Å². The third kappa shape index (κ3) is 10.7. The third-order valence-electron chi connectivity index (χ3n) is 8.93. The van der Waals surface area contributed by atoms with Crippen LogP contribution in [-0.4, -0.2) is 69.0 Å². The Balaban J connectivity index is 1.79. The molecule has 0 saturated carbocycles. The minimum atomic E-state index is -0.524. The fraction of sp³-hybridized carbons (Fsp3) is 0.500. The van der Waals surface area contributed by atoms with Gasteiger partial charge < -0.3 is 43.7 Å². The highest BCUT2D eigenvalue weighted by Gasteiger charge is 2.23. The lowest BCUT2D eigenvalue weighted by atomic mass is 10.1. The summed E-state index contributed by atoms with van der Waals surface area (Å²) in [5.74, 6) is 1.38. The molecular weight excluding hydrogens is 690 g/mol. The number of benzene rings is 3. The number of aromatic hydroxyl groups is 3. The zero-order valence-corrected chi connectivity index (χ0v) is 33.2. The number of phenolic OH excluding ortho intramolecular Hbond substituents is 3. The number of ether oxygens (including phenoxy) is 6. The number of rotatable bonds is 21. The van der Waals surface area contributed by atoms with E-state index in [1.54, 1.807) is 77.9 Å². The smallest absolute Gasteiger partial charge is 0.196 e. The van der Waals surface area contributed by atoms with Gasteiger partial charge in [-0.1, -0.05) is 40.0 Å². The Hall–Kier alpha value is -4.65. The van der Waals surface area contributed by atoms with Gasteiger partial charge in [0.25, 0.3) is 0 Å². The van der Waals surface area contributed by atoms with E-state index >= 15 is 0 Å². The van der Waals surface area contributed by atoms with Gasteiger partial charge in [0.15, 0.2) is 36.3 Å². The Morgan fingerprint density at radius 1 is 0.463 bits per heavy atom. The molecule has 54 heavy (non-hydrogen) atoms. The number of unbranched alkanes of at least 4 members (excludes halogenated alkanes) is 3. The highest BCUT2D eigenvalue weighted by atomic mass is 16.7. The third-order valence-corrected chi connectivity index (χ3v) is 8.93. The van der Waals surface area contributed by atoms with Crippen LogP contribution in [0.3, 0.4) is 0 Å². The Kier molecular flexibility index (Phi) is 15.7. The number of hydrogen-bond acceptors (Lipinski definition) is 12. The summed E-state index contributed by atoms with van der Waals surface area (Å²) in [5, 5.41) is 34.5. The lowest BCUT2D eigenvalue weighted by Gasteiger charge is -2.20. The summed E-state index contributed by atoms with van der Waals surface area (Å²) in [4.78, 5) is 14.2. The monoisotopic (exact) mass is 747 g/mol. The highest BCUT2D eigenvalue weighted by molar-refractivity contribution is 5.77. The van der Waals surface area contributed by atoms with Crippen molar-refractivity contribution in [1.82, 2.24) is 15.0 Å². The van der Waals surface area contributed by atoms with Crippen LogP contribution in [0.1, 0.15) is 96.8 Å². The minimum Gasteiger partial charge on any atom is -0.507 e. The van der Waals surface area contributed by atoms with Gasteiger partial charge in [-0.15, -0.1) is 0 Å². The van der Waals surface area contributed by atoms with Crippen molar-refractivity contribution >= 4 is 0 Å². The molecule has 294 valence electrons. The molecule has 3 atom stereocenters. The van der Waals surface area contributed by atoms with Crippen LogP contribution in [0.5, 0.6) is 34.5 Å². The summed E-state index contributed by atoms with van der Waals surface area (Å²) in [6.07, 6.45) is 4.17. The molecule has 0 radical (unpaired) electrons. The van der Waals surface area contributed by atoms with E-state index < -0.39 is 18.9 Å². The molecule has 0 saturated heterocycles. The first-order chi connectivity index (χ1) is 25.9. The SMILES string of the molecule is CCCCOC(C)Oc1ccc(-c2nc(-c3ccc(OC(C)OCCCC)c(C)c3O)nc(-c3ccc(OC(C)OCCCC)c(C)c3O)n2)c(O)c1C. The molecule has 4 aromatic rings. The van der Waals surface area contributed by atoms with Crippen molar-refractivity contribution < 1.29 is 43.7 Å². The molecule has 1 heterocycles. The van der Waals surface area contributed by atoms with Gasteiger partial charge in [0.05, 0.1) is 36.5 Å². The van der Waals surface area contributed by atoms with E-state index in [-0.39, 0.29) is 34.7 Å². The molecule has 3 unspecified atom stereocenters. The fourth-order valence-corrected chi connectivity index (χ4v) is 5.53. The van der Waals surface area contributed by atoms with Crippen LogP contribution in [0, 0.1) is 20.8 Å². The van der Waals surface area contributed by atoms with Crippen LogP contribution in [0.2, 0.25) is 0 Å². The predicted molar refractivity (Wildman–Crippen MR) is 208 cm³/mol. The molecule has 0 aliphatic rings. The van der Waals surface area contributed by atoms with Crippen molar-refractivity contribution in [1.29, 1.82) is 0 Å². The second-order valence-electron chi connectivity index (χ2n) is 13.3. The first-order valence-corrected chi connectivity index (χ1v) is 19.0. The van der Waals surface area contributed by atoms with Crippen LogP contribution in [0.25, 0.3) is 34.2 Å². The maximum Gasteiger partial charge on any atom is 0.196 e. The summed E-state index contributed by atoms with van der Waals surface area (Å²) in [5.41, 5.74) is 2.29. The Labute approximate surface area is 319 Å². The first kappa shape index (κ1) is 42.1. The number of nitrogens with zero attached hydrogens (tertiary/aromatic N) is 3. The quantitative estimate of drug-likeness (QED) is 0.0549. The maximum atomic E-state index is 11.5. The van der Waals surface area contributed by atoms with Gasteiger partial charge in [-0.25, -0.2) is 15.0 Å². The van der Waals surface area contributed by atoms with Crippen molar-refractivity contribution in [3.05, 3.63) is 53.1 Å². The molecule has 1 aromatic heterocycles. The van der Waals surface area contributed by atoms with Gasteiger partial charge in [-0.2, -0.15) is 0 Å². The van der Waals surface area contributed by atoms with Crippen LogP contribution < -0.4 is 14.2 Å². The summed E-state index contributed by atoms with van der Waals surface area (Å²) in [6, 6.07) is 10.1. The molecule has 3 N–H and O–H groups in total. The zero-order valence-electron chi connectivity index (χ0n) is 33.2. The lowest BCUT2D eigenvalue weighted by molar-refractivity contribution is -0.0680. The van der Waals surface area contributed by atoms with E-state index in [0.29, 0.717) is 70.4 Å². The molecule has 12 nitrogen and oxygen atoms in total. The normalized spacial score (nSPS) is 13.1. The van der Waals surface area contributed by atoms with Gasteiger partial charge in [0.2, 0.25) is 0 Å². The Morgan fingerprint density at radius 2 is 0.722 bits per heavy atom. The second kappa shape index (κ2) is 20.1. The number of hydrogen-bond donors (Lipinski definition) is 3. The van der Waals surface area contributed by atoms with E-state index in [1.165, 1.54) is 0 Å². The Bertz CT molecular complexity index is 1610. The molecule has 0 amide bonds. The van der Waals surface area contributed by atoms with E-state index in [2.05, 4.69) is 20.8 Å². The lowest BCUT2D eigenvalue weighted by Crippen LogP contribution is -2.17. The van der Waals surface area contributed by atoms with Crippen molar-refractivity contribution in [2.45, 2.75) is 120 Å². The van der Waals surface area contributed by atoms with Crippen molar-refractivity contribution in [2.24, 2.45) is 0 Å². The van der Waals surface area contributed by atoms with E-state index in [0.717, 1.165) is 38.5 Å². The average Bonchev–Trinajstić information content (AvgIpc) is 3.14. The highest BCUT2D eigenvalue weighted by Crippen LogP contribution is 2.42. The molecule has 0 fully saturated rings. The van der Waals surface area contributed by atoms with Crippen molar-refractivity contribution in [3.63, 3.8) is 0 Å². The van der Waals surface area contributed by atoms with E-state index in [1.807, 2.05) is 0 Å². The molecule has 0 spiro atoms. The zero-order chi connectivity index (χ0) is 39.4. The minimum absolute atomic E-state index is 0.0984. The van der Waals surface area contributed by atoms with Crippen LogP contribution in [0.4, 0.5) is 0 Å². The second-order valence-corrected chi connectivity index (χ2v) is 13.3. The van der Waals surface area contributed by atoms with Crippen LogP contribution in [-0.2, 0) is 14.2 Å². The average molecular weight is 748 g/mol. The molecule has 0 aliphatic carbocycles. The van der Waals surface area contributed by atoms with Crippen molar-refractivity contribution in [3.8, 4) is 68.7 Å². The van der Waals surface area contributed by atoms with E-state index in [4.69, 9.17) is 43.4 Å². The fourth-order valence-electron chi connectivity index (χ4n) is 5.53. The Morgan fingerprint density at radius 3 is 0.963 bits per heavy atom. The van der Waals surface area contributed by atoms with Crippen LogP contribution in [0.15, 0.2) is 36.4 Å².